The van der Waals surface area contributed by atoms with Crippen LogP contribution in [0.3, 0.4) is 0 Å². The zero-order valence-corrected chi connectivity index (χ0v) is 9.31. The Morgan fingerprint density at radius 1 is 1.15 bits per heavy atom. The van der Waals surface area contributed by atoms with Gasteiger partial charge in [0.15, 0.2) is 0 Å². The third-order valence-electron chi connectivity index (χ3n) is 2.86. The SMILES string of the molecule is CCC.CN1CCC2(CC1)COC2. The summed E-state index contributed by atoms with van der Waals surface area (Å²) in [6.45, 7) is 8.84. The molecule has 0 aliphatic carbocycles. The van der Waals surface area contributed by atoms with Crippen molar-refractivity contribution in [1.82, 2.24) is 4.90 Å². The molecule has 2 rings (SSSR count). The largest absolute Gasteiger partial charge is 0.380 e. The van der Waals surface area contributed by atoms with Crippen LogP contribution in [0.2, 0.25) is 0 Å². The van der Waals surface area contributed by atoms with E-state index in [1.165, 1.54) is 32.4 Å². The minimum Gasteiger partial charge on any atom is -0.380 e. The Bertz CT molecular complexity index is 133. The van der Waals surface area contributed by atoms with E-state index in [9.17, 15) is 0 Å². The Morgan fingerprint density at radius 2 is 1.62 bits per heavy atom. The summed E-state index contributed by atoms with van der Waals surface area (Å²) in [5.41, 5.74) is 0.618. The summed E-state index contributed by atoms with van der Waals surface area (Å²) >= 11 is 0. The van der Waals surface area contributed by atoms with Crippen molar-refractivity contribution < 1.29 is 4.74 Å². The highest BCUT2D eigenvalue weighted by atomic mass is 16.5. The quantitative estimate of drug-likeness (QED) is 0.573. The van der Waals surface area contributed by atoms with E-state index in [1.807, 2.05) is 0 Å². The van der Waals surface area contributed by atoms with Gasteiger partial charge in [0.05, 0.1) is 13.2 Å². The minimum atomic E-state index is 0.618. The number of hydrogen-bond donors (Lipinski definition) is 0. The zero-order valence-electron chi connectivity index (χ0n) is 9.31. The first-order valence-corrected chi connectivity index (χ1v) is 5.49. The number of nitrogens with zero attached hydrogens (tertiary/aromatic N) is 1. The average molecular weight is 185 g/mol. The summed E-state index contributed by atoms with van der Waals surface area (Å²) in [5, 5.41) is 0. The standard InChI is InChI=1S/C8H15NO.C3H8/c1-9-4-2-8(3-5-9)6-10-7-8;1-3-2/h2-7H2,1H3;3H2,1-2H3. The summed E-state index contributed by atoms with van der Waals surface area (Å²) in [4.78, 5) is 2.41. The summed E-state index contributed by atoms with van der Waals surface area (Å²) in [7, 11) is 2.20. The summed E-state index contributed by atoms with van der Waals surface area (Å²) in [5.74, 6) is 0. The van der Waals surface area contributed by atoms with E-state index in [0.29, 0.717) is 5.41 Å². The lowest BCUT2D eigenvalue weighted by molar-refractivity contribution is -0.137. The molecule has 0 aromatic heterocycles. The highest BCUT2D eigenvalue weighted by molar-refractivity contribution is 4.89. The van der Waals surface area contributed by atoms with Gasteiger partial charge in [-0.3, -0.25) is 0 Å². The Balaban J connectivity index is 0.000000251. The predicted octanol–water partition coefficient (Wildman–Crippen LogP) is 2.14. The van der Waals surface area contributed by atoms with Gasteiger partial charge in [-0.05, 0) is 33.0 Å². The number of ether oxygens (including phenoxy) is 1. The summed E-state index contributed by atoms with van der Waals surface area (Å²) < 4.78 is 5.23. The van der Waals surface area contributed by atoms with Crippen LogP contribution < -0.4 is 0 Å². The molecule has 0 aromatic rings. The van der Waals surface area contributed by atoms with Crippen molar-refractivity contribution in [3.63, 3.8) is 0 Å². The second-order valence-corrected chi connectivity index (χ2v) is 4.50. The molecule has 0 radical (unpaired) electrons. The molecule has 2 fully saturated rings. The molecule has 1 spiro atoms. The van der Waals surface area contributed by atoms with E-state index < -0.39 is 0 Å². The second kappa shape index (κ2) is 4.97. The molecule has 0 atom stereocenters. The van der Waals surface area contributed by atoms with Gasteiger partial charge in [0.25, 0.3) is 0 Å². The molecule has 0 unspecified atom stereocenters. The van der Waals surface area contributed by atoms with E-state index in [-0.39, 0.29) is 0 Å². The fourth-order valence-corrected chi connectivity index (χ4v) is 1.77. The van der Waals surface area contributed by atoms with Crippen molar-refractivity contribution in [2.75, 3.05) is 33.4 Å². The molecular weight excluding hydrogens is 162 g/mol. The van der Waals surface area contributed by atoms with Crippen LogP contribution in [0, 0.1) is 5.41 Å². The highest BCUT2D eigenvalue weighted by Gasteiger charge is 2.40. The molecule has 0 bridgehead atoms. The molecule has 0 saturated carbocycles. The average Bonchev–Trinajstić information content (AvgIpc) is 2.04. The molecule has 2 heteroatoms. The van der Waals surface area contributed by atoms with Gasteiger partial charge in [0, 0.05) is 5.41 Å². The smallest absolute Gasteiger partial charge is 0.0545 e. The van der Waals surface area contributed by atoms with Gasteiger partial charge in [0.2, 0.25) is 0 Å². The van der Waals surface area contributed by atoms with Crippen molar-refractivity contribution in [2.24, 2.45) is 5.41 Å². The Hall–Kier alpha value is -0.0800. The minimum absolute atomic E-state index is 0.618. The topological polar surface area (TPSA) is 12.5 Å². The molecule has 2 nitrogen and oxygen atoms in total. The molecule has 0 amide bonds. The number of piperidine rings is 1. The fourth-order valence-electron chi connectivity index (χ4n) is 1.77. The van der Waals surface area contributed by atoms with Crippen LogP contribution in [0.25, 0.3) is 0 Å². The lowest BCUT2D eigenvalue weighted by atomic mass is 9.77. The molecular formula is C11H23NO. The van der Waals surface area contributed by atoms with Crippen molar-refractivity contribution in [3.8, 4) is 0 Å². The second-order valence-electron chi connectivity index (χ2n) is 4.50. The first-order chi connectivity index (χ1) is 6.22. The van der Waals surface area contributed by atoms with Crippen LogP contribution in [-0.4, -0.2) is 38.3 Å². The molecule has 13 heavy (non-hydrogen) atoms. The number of hydrogen-bond acceptors (Lipinski definition) is 2. The van der Waals surface area contributed by atoms with Crippen LogP contribution in [0.1, 0.15) is 33.1 Å². The number of likely N-dealkylation sites (tertiary alicyclic amines) is 1. The Kier molecular flexibility index (Phi) is 4.20. The van der Waals surface area contributed by atoms with Crippen LogP contribution in [0.15, 0.2) is 0 Å². The first kappa shape index (κ1) is 11.0. The number of rotatable bonds is 0. The fraction of sp³-hybridized carbons (Fsp3) is 1.00. The van der Waals surface area contributed by atoms with Crippen LogP contribution in [-0.2, 0) is 4.74 Å². The van der Waals surface area contributed by atoms with Crippen molar-refractivity contribution in [2.45, 2.75) is 33.1 Å². The summed E-state index contributed by atoms with van der Waals surface area (Å²) in [6.07, 6.45) is 3.95. The van der Waals surface area contributed by atoms with Crippen LogP contribution in [0.5, 0.6) is 0 Å². The Labute approximate surface area is 82.3 Å². The monoisotopic (exact) mass is 185 g/mol. The molecule has 0 aromatic carbocycles. The van der Waals surface area contributed by atoms with Gasteiger partial charge in [-0.25, -0.2) is 0 Å². The third-order valence-corrected chi connectivity index (χ3v) is 2.86. The molecule has 78 valence electrons. The maximum atomic E-state index is 5.23. The maximum Gasteiger partial charge on any atom is 0.0545 e. The van der Waals surface area contributed by atoms with Gasteiger partial charge in [0.1, 0.15) is 0 Å². The van der Waals surface area contributed by atoms with E-state index in [4.69, 9.17) is 4.74 Å². The van der Waals surface area contributed by atoms with Gasteiger partial charge in [-0.15, -0.1) is 0 Å². The highest BCUT2D eigenvalue weighted by Crippen LogP contribution is 2.37. The van der Waals surface area contributed by atoms with Crippen LogP contribution in [0.4, 0.5) is 0 Å². The van der Waals surface area contributed by atoms with Gasteiger partial charge in [-0.2, -0.15) is 0 Å². The van der Waals surface area contributed by atoms with E-state index in [0.717, 1.165) is 13.2 Å². The van der Waals surface area contributed by atoms with E-state index >= 15 is 0 Å². The third kappa shape index (κ3) is 2.96. The van der Waals surface area contributed by atoms with Gasteiger partial charge < -0.3 is 9.64 Å². The zero-order chi connectivity index (χ0) is 9.73. The van der Waals surface area contributed by atoms with Crippen LogP contribution >= 0.6 is 0 Å². The van der Waals surface area contributed by atoms with Crippen molar-refractivity contribution in [1.29, 1.82) is 0 Å². The van der Waals surface area contributed by atoms with Gasteiger partial charge >= 0.3 is 0 Å². The normalized spacial score (nSPS) is 26.1. The van der Waals surface area contributed by atoms with Gasteiger partial charge in [-0.1, -0.05) is 20.3 Å². The van der Waals surface area contributed by atoms with E-state index in [1.54, 1.807) is 0 Å². The molecule has 0 N–H and O–H groups in total. The van der Waals surface area contributed by atoms with Crippen molar-refractivity contribution in [3.05, 3.63) is 0 Å². The Morgan fingerprint density at radius 3 is 1.92 bits per heavy atom. The first-order valence-electron chi connectivity index (χ1n) is 5.49. The van der Waals surface area contributed by atoms with Crippen molar-refractivity contribution >= 4 is 0 Å². The lowest BCUT2D eigenvalue weighted by Gasteiger charge is -2.46. The predicted molar refractivity (Wildman–Crippen MR) is 55.9 cm³/mol. The molecule has 2 aliphatic heterocycles. The van der Waals surface area contributed by atoms with E-state index in [2.05, 4.69) is 25.8 Å². The molecule has 2 saturated heterocycles. The molecule has 2 heterocycles. The summed E-state index contributed by atoms with van der Waals surface area (Å²) in [6, 6.07) is 0. The lowest BCUT2D eigenvalue weighted by Crippen LogP contribution is -2.49. The maximum absolute atomic E-state index is 5.23. The molecule has 2 aliphatic rings.